The summed E-state index contributed by atoms with van der Waals surface area (Å²) in [4.78, 5) is 1.66. The van der Waals surface area contributed by atoms with E-state index < -0.39 is 10.0 Å². The number of ether oxygens (including phenoxy) is 2. The van der Waals surface area contributed by atoms with E-state index in [1.165, 1.54) is 10.5 Å². The highest BCUT2D eigenvalue weighted by Crippen LogP contribution is 2.33. The van der Waals surface area contributed by atoms with Crippen LogP contribution in [0.1, 0.15) is 5.56 Å². The minimum atomic E-state index is -3.52. The number of fused-ring (bicyclic) bond motifs is 1. The number of hydrogen-bond acceptors (Lipinski definition) is 4. The van der Waals surface area contributed by atoms with Crippen LogP contribution in [0.4, 0.5) is 0 Å². The molecule has 0 radical (unpaired) electrons. The molecule has 0 saturated carbocycles. The smallest absolute Gasteiger partial charge is 0.243 e. The van der Waals surface area contributed by atoms with Gasteiger partial charge in [-0.05, 0) is 23.8 Å². The maximum atomic E-state index is 13.0. The van der Waals surface area contributed by atoms with Gasteiger partial charge in [-0.2, -0.15) is 4.31 Å². The molecule has 148 valence electrons. The summed E-state index contributed by atoms with van der Waals surface area (Å²) in [5.41, 5.74) is 1.18. The summed E-state index contributed by atoms with van der Waals surface area (Å²) in [6.07, 6.45) is 4.28. The summed E-state index contributed by atoms with van der Waals surface area (Å²) in [5, 5.41) is 0. The molecule has 0 unspecified atom stereocenters. The Bertz CT molecular complexity index is 936. The number of piperazine rings is 1. The first kappa shape index (κ1) is 19.0. The number of quaternary nitrogens is 1. The predicted octanol–water partition coefficient (Wildman–Crippen LogP) is 1.06. The quantitative estimate of drug-likeness (QED) is 0.814. The van der Waals surface area contributed by atoms with Crippen LogP contribution in [0.3, 0.4) is 0 Å². The molecule has 2 aromatic carbocycles. The van der Waals surface area contributed by atoms with Crippen LogP contribution in [0.2, 0.25) is 0 Å². The highest BCUT2D eigenvalue weighted by molar-refractivity contribution is 7.89. The van der Waals surface area contributed by atoms with E-state index in [-0.39, 0.29) is 4.90 Å². The molecule has 0 bridgehead atoms. The average Bonchev–Trinajstić information content (AvgIpc) is 2.74. The van der Waals surface area contributed by atoms with Gasteiger partial charge in [0.1, 0.15) is 13.2 Å². The van der Waals surface area contributed by atoms with Crippen LogP contribution in [0.25, 0.3) is 6.08 Å². The highest BCUT2D eigenvalue weighted by atomic mass is 32.2. The second kappa shape index (κ2) is 8.34. The first-order chi connectivity index (χ1) is 13.6. The van der Waals surface area contributed by atoms with E-state index in [0.29, 0.717) is 37.8 Å². The SMILES string of the molecule is O=S(=O)(c1ccc2c(c1)OCCO2)N1CC[NH+](C/C=C/c2ccccc2)CC1. The van der Waals surface area contributed by atoms with Gasteiger partial charge in [-0.15, -0.1) is 0 Å². The molecule has 2 heterocycles. The first-order valence-electron chi connectivity index (χ1n) is 9.58. The number of benzene rings is 2. The third kappa shape index (κ3) is 4.22. The molecule has 4 rings (SSSR count). The summed E-state index contributed by atoms with van der Waals surface area (Å²) in [6.45, 7) is 4.45. The zero-order valence-electron chi connectivity index (χ0n) is 15.7. The lowest BCUT2D eigenvalue weighted by Crippen LogP contribution is -3.14. The van der Waals surface area contributed by atoms with Crippen molar-refractivity contribution >= 4 is 16.1 Å². The summed E-state index contributed by atoms with van der Waals surface area (Å²) in [7, 11) is -3.52. The maximum Gasteiger partial charge on any atom is 0.243 e. The summed E-state index contributed by atoms with van der Waals surface area (Å²) >= 11 is 0. The van der Waals surface area contributed by atoms with Gasteiger partial charge in [-0.1, -0.05) is 36.4 Å². The van der Waals surface area contributed by atoms with E-state index in [4.69, 9.17) is 9.47 Å². The van der Waals surface area contributed by atoms with Gasteiger partial charge in [-0.3, -0.25) is 0 Å². The molecule has 1 saturated heterocycles. The van der Waals surface area contributed by atoms with E-state index >= 15 is 0 Å². The number of nitrogens with zero attached hydrogens (tertiary/aromatic N) is 1. The van der Waals surface area contributed by atoms with Crippen LogP contribution in [0, 0.1) is 0 Å². The lowest BCUT2D eigenvalue weighted by atomic mass is 10.2. The largest absolute Gasteiger partial charge is 0.486 e. The van der Waals surface area contributed by atoms with Gasteiger partial charge in [0.15, 0.2) is 11.5 Å². The Hall–Kier alpha value is -2.35. The molecule has 0 amide bonds. The molecule has 0 aromatic heterocycles. The second-order valence-electron chi connectivity index (χ2n) is 6.98. The summed E-state index contributed by atoms with van der Waals surface area (Å²) in [5.74, 6) is 1.10. The molecule has 1 N–H and O–H groups in total. The lowest BCUT2D eigenvalue weighted by Gasteiger charge is -2.31. The third-order valence-corrected chi connectivity index (χ3v) is 6.99. The van der Waals surface area contributed by atoms with Crippen LogP contribution < -0.4 is 14.4 Å². The van der Waals surface area contributed by atoms with Crippen molar-refractivity contribution in [3.8, 4) is 11.5 Å². The molecular weight excluding hydrogens is 376 g/mol. The van der Waals surface area contributed by atoms with E-state index in [1.807, 2.05) is 18.2 Å². The van der Waals surface area contributed by atoms with Crippen molar-refractivity contribution < 1.29 is 22.8 Å². The number of rotatable bonds is 5. The van der Waals surface area contributed by atoms with Crippen LogP contribution in [-0.2, 0) is 10.0 Å². The fourth-order valence-corrected chi connectivity index (χ4v) is 4.96. The maximum absolute atomic E-state index is 13.0. The number of hydrogen-bond donors (Lipinski definition) is 1. The monoisotopic (exact) mass is 401 g/mol. The van der Waals surface area contributed by atoms with Crippen LogP contribution in [0.15, 0.2) is 59.5 Å². The zero-order valence-corrected chi connectivity index (χ0v) is 16.5. The Morgan fingerprint density at radius 3 is 2.43 bits per heavy atom. The Balaban J connectivity index is 1.35. The Labute approximate surface area is 166 Å². The Kier molecular flexibility index (Phi) is 5.66. The average molecular weight is 402 g/mol. The molecule has 1 fully saturated rings. The molecule has 0 aliphatic carbocycles. The molecule has 2 aromatic rings. The van der Waals surface area contributed by atoms with Crippen LogP contribution in [-0.4, -0.2) is 58.7 Å². The van der Waals surface area contributed by atoms with Gasteiger partial charge in [0.05, 0.1) is 37.6 Å². The highest BCUT2D eigenvalue weighted by Gasteiger charge is 2.31. The van der Waals surface area contributed by atoms with Gasteiger partial charge in [0, 0.05) is 6.07 Å². The fraction of sp³-hybridized carbons (Fsp3) is 0.333. The topological polar surface area (TPSA) is 60.3 Å². The minimum Gasteiger partial charge on any atom is -0.486 e. The Morgan fingerprint density at radius 1 is 0.964 bits per heavy atom. The first-order valence-corrected chi connectivity index (χ1v) is 11.0. The normalized spacial score (nSPS) is 18.4. The van der Waals surface area contributed by atoms with E-state index in [1.54, 1.807) is 22.5 Å². The van der Waals surface area contributed by atoms with Crippen molar-refractivity contribution in [3.05, 3.63) is 60.2 Å². The van der Waals surface area contributed by atoms with E-state index in [2.05, 4.69) is 24.3 Å². The Morgan fingerprint density at radius 2 is 1.68 bits per heavy atom. The lowest BCUT2D eigenvalue weighted by molar-refractivity contribution is -0.897. The van der Waals surface area contributed by atoms with Gasteiger partial charge in [-0.25, -0.2) is 8.42 Å². The van der Waals surface area contributed by atoms with Gasteiger partial charge in [0.25, 0.3) is 0 Å². The van der Waals surface area contributed by atoms with E-state index in [9.17, 15) is 8.42 Å². The van der Waals surface area contributed by atoms with Gasteiger partial charge >= 0.3 is 0 Å². The molecular formula is C21H25N2O4S+. The predicted molar refractivity (Wildman–Crippen MR) is 107 cm³/mol. The third-order valence-electron chi connectivity index (χ3n) is 5.10. The van der Waals surface area contributed by atoms with Crippen molar-refractivity contribution in [2.75, 3.05) is 45.9 Å². The van der Waals surface area contributed by atoms with Crippen molar-refractivity contribution in [1.29, 1.82) is 0 Å². The number of sulfonamides is 1. The van der Waals surface area contributed by atoms with Crippen LogP contribution >= 0.6 is 0 Å². The molecule has 2 aliphatic rings. The van der Waals surface area contributed by atoms with Gasteiger partial charge in [0.2, 0.25) is 10.0 Å². The second-order valence-corrected chi connectivity index (χ2v) is 8.91. The molecule has 0 spiro atoms. The van der Waals surface area contributed by atoms with Crippen LogP contribution in [0.5, 0.6) is 11.5 Å². The van der Waals surface area contributed by atoms with Gasteiger partial charge < -0.3 is 14.4 Å². The van der Waals surface area contributed by atoms with Crippen molar-refractivity contribution in [2.45, 2.75) is 4.90 Å². The molecule has 7 heteroatoms. The van der Waals surface area contributed by atoms with E-state index in [0.717, 1.165) is 19.6 Å². The summed E-state index contributed by atoms with van der Waals surface area (Å²) in [6, 6.07) is 15.0. The molecule has 2 aliphatic heterocycles. The summed E-state index contributed by atoms with van der Waals surface area (Å²) < 4.78 is 38.5. The van der Waals surface area contributed by atoms with Crippen molar-refractivity contribution in [1.82, 2.24) is 4.31 Å². The van der Waals surface area contributed by atoms with Crippen molar-refractivity contribution in [2.24, 2.45) is 0 Å². The standard InChI is InChI=1S/C21H24N2O4S/c24-28(25,19-8-9-20-21(17-19)27-16-15-26-20)23-13-11-22(12-14-23)10-4-7-18-5-2-1-3-6-18/h1-9,17H,10-16H2/p+1/b7-4+. The fourth-order valence-electron chi connectivity index (χ4n) is 3.51. The molecule has 28 heavy (non-hydrogen) atoms. The number of nitrogens with one attached hydrogen (secondary N) is 1. The zero-order chi connectivity index (χ0) is 19.4. The minimum absolute atomic E-state index is 0.268. The molecule has 0 atom stereocenters. The molecule has 6 nitrogen and oxygen atoms in total. The van der Waals surface area contributed by atoms with Crippen molar-refractivity contribution in [3.63, 3.8) is 0 Å².